The highest BCUT2D eigenvalue weighted by molar-refractivity contribution is 5.68. The van der Waals surface area contributed by atoms with Crippen LogP contribution in [0.3, 0.4) is 0 Å². The molecule has 2 amide bonds. The smallest absolute Gasteiger partial charge is 0.409 e. The molecule has 0 saturated carbocycles. The third-order valence-electron chi connectivity index (χ3n) is 3.28. The predicted molar refractivity (Wildman–Crippen MR) is 90.0 cm³/mol. The van der Waals surface area contributed by atoms with Gasteiger partial charge in [0.2, 0.25) is 0 Å². The predicted octanol–water partition coefficient (Wildman–Crippen LogP) is 1.84. The Hall–Kier alpha value is -2.03. The Labute approximate surface area is 148 Å². The van der Waals surface area contributed by atoms with Crippen LogP contribution in [0.2, 0.25) is 0 Å². The number of carboxylic acids is 1. The topological polar surface area (TPSA) is 134 Å². The van der Waals surface area contributed by atoms with Crippen molar-refractivity contribution in [1.82, 2.24) is 10.6 Å². The van der Waals surface area contributed by atoms with Crippen LogP contribution in [-0.2, 0) is 14.3 Å². The van der Waals surface area contributed by atoms with Gasteiger partial charge in [-0.3, -0.25) is 10.1 Å². The van der Waals surface area contributed by atoms with E-state index in [9.17, 15) is 19.5 Å². The van der Waals surface area contributed by atoms with Crippen LogP contribution in [0.5, 0.6) is 0 Å². The second kappa shape index (κ2) is 11.5. The van der Waals surface area contributed by atoms with E-state index in [0.29, 0.717) is 6.42 Å². The van der Waals surface area contributed by atoms with Crippen molar-refractivity contribution in [3.8, 4) is 0 Å². The van der Waals surface area contributed by atoms with Crippen molar-refractivity contribution in [1.29, 1.82) is 0 Å². The number of ether oxygens (including phenoxy) is 2. The molecule has 4 N–H and O–H groups in total. The lowest BCUT2D eigenvalue weighted by molar-refractivity contribution is -0.137. The van der Waals surface area contributed by atoms with Gasteiger partial charge in [0.25, 0.3) is 0 Å². The van der Waals surface area contributed by atoms with Gasteiger partial charge in [0, 0.05) is 24.3 Å². The van der Waals surface area contributed by atoms with E-state index >= 15 is 0 Å². The van der Waals surface area contributed by atoms with Crippen LogP contribution in [0.1, 0.15) is 53.4 Å². The zero-order valence-corrected chi connectivity index (χ0v) is 15.3. The lowest BCUT2D eigenvalue weighted by Gasteiger charge is -2.28. The van der Waals surface area contributed by atoms with E-state index in [1.807, 2.05) is 27.7 Å². The Kier molecular flexibility index (Phi) is 10.6. The number of hydrogen-bond donors (Lipinski definition) is 4. The fourth-order valence-corrected chi connectivity index (χ4v) is 2.06. The number of carbonyl (C=O) groups excluding carboxylic acids is 2. The minimum Gasteiger partial charge on any atom is -0.481 e. The van der Waals surface area contributed by atoms with Gasteiger partial charge in [0.1, 0.15) is 19.4 Å². The molecule has 9 heteroatoms. The van der Waals surface area contributed by atoms with E-state index < -0.39 is 29.8 Å². The first kappa shape index (κ1) is 23.0. The van der Waals surface area contributed by atoms with E-state index in [2.05, 4.69) is 10.6 Å². The number of nitrogens with one attached hydrogen (secondary N) is 2. The number of amides is 2. The van der Waals surface area contributed by atoms with Gasteiger partial charge in [0.15, 0.2) is 0 Å². The van der Waals surface area contributed by atoms with Crippen molar-refractivity contribution >= 4 is 18.2 Å². The van der Waals surface area contributed by atoms with E-state index in [1.165, 1.54) is 0 Å². The standard InChI is InChI=1S/C16H30N2O7/c1-5-8-16(4,9-24-14(22)17-11(2)3)10-25-15(23)18-12(19)6-7-13(20)21/h11-12,19H,5-10H2,1-4H3,(H,17,22)(H,18,23)(H,20,21). The second-order valence-electron chi connectivity index (χ2n) is 6.60. The molecule has 25 heavy (non-hydrogen) atoms. The molecule has 0 saturated heterocycles. The molecule has 0 aromatic rings. The van der Waals surface area contributed by atoms with Crippen molar-refractivity contribution in [2.75, 3.05) is 13.2 Å². The van der Waals surface area contributed by atoms with E-state index in [1.54, 1.807) is 0 Å². The molecule has 0 aliphatic carbocycles. The number of alkyl carbamates (subject to hydrolysis) is 2. The maximum Gasteiger partial charge on any atom is 0.409 e. The normalized spacial score (nSPS) is 14.3. The van der Waals surface area contributed by atoms with Crippen molar-refractivity contribution in [3.05, 3.63) is 0 Å². The molecule has 146 valence electrons. The van der Waals surface area contributed by atoms with Crippen LogP contribution in [-0.4, -0.2) is 53.9 Å². The van der Waals surface area contributed by atoms with Crippen LogP contribution in [0.25, 0.3) is 0 Å². The van der Waals surface area contributed by atoms with Crippen LogP contribution in [0, 0.1) is 5.41 Å². The molecule has 0 rings (SSSR count). The van der Waals surface area contributed by atoms with Gasteiger partial charge in [-0.05, 0) is 20.3 Å². The maximum absolute atomic E-state index is 11.7. The van der Waals surface area contributed by atoms with Crippen molar-refractivity contribution in [2.45, 2.75) is 65.6 Å². The molecule has 0 fully saturated rings. The van der Waals surface area contributed by atoms with Gasteiger partial charge in [-0.15, -0.1) is 0 Å². The minimum atomic E-state index is -1.30. The van der Waals surface area contributed by atoms with E-state index in [4.69, 9.17) is 14.6 Å². The molecule has 0 bridgehead atoms. The molecule has 2 unspecified atom stereocenters. The van der Waals surface area contributed by atoms with Crippen LogP contribution < -0.4 is 10.6 Å². The first-order valence-corrected chi connectivity index (χ1v) is 8.34. The van der Waals surface area contributed by atoms with Crippen LogP contribution in [0.15, 0.2) is 0 Å². The number of aliphatic carboxylic acids is 1. The highest BCUT2D eigenvalue weighted by atomic mass is 16.6. The van der Waals surface area contributed by atoms with Crippen LogP contribution in [0.4, 0.5) is 9.59 Å². The summed E-state index contributed by atoms with van der Waals surface area (Å²) in [5.74, 6) is -1.07. The summed E-state index contributed by atoms with van der Waals surface area (Å²) >= 11 is 0. The van der Waals surface area contributed by atoms with E-state index in [0.717, 1.165) is 6.42 Å². The summed E-state index contributed by atoms with van der Waals surface area (Å²) in [5.41, 5.74) is -0.563. The first-order chi connectivity index (χ1) is 11.6. The molecule has 0 aromatic heterocycles. The molecule has 9 nitrogen and oxygen atoms in total. The second-order valence-corrected chi connectivity index (χ2v) is 6.60. The Morgan fingerprint density at radius 1 is 1.08 bits per heavy atom. The summed E-state index contributed by atoms with van der Waals surface area (Å²) in [7, 11) is 0. The number of aliphatic hydroxyl groups excluding tert-OH is 1. The molecule has 0 spiro atoms. The highest BCUT2D eigenvalue weighted by Crippen LogP contribution is 2.24. The van der Waals surface area contributed by atoms with Gasteiger partial charge in [-0.25, -0.2) is 9.59 Å². The molecule has 0 aliphatic rings. The third-order valence-corrected chi connectivity index (χ3v) is 3.28. The van der Waals surface area contributed by atoms with Gasteiger partial charge < -0.3 is 25.0 Å². The lowest BCUT2D eigenvalue weighted by Crippen LogP contribution is -2.40. The van der Waals surface area contributed by atoms with Gasteiger partial charge in [-0.2, -0.15) is 0 Å². The Morgan fingerprint density at radius 3 is 2.04 bits per heavy atom. The Bertz CT molecular complexity index is 442. The lowest BCUT2D eigenvalue weighted by atomic mass is 9.87. The quantitative estimate of drug-likeness (QED) is 0.412. The zero-order chi connectivity index (χ0) is 19.5. The largest absolute Gasteiger partial charge is 0.481 e. The minimum absolute atomic E-state index is 0.00666. The van der Waals surface area contributed by atoms with Crippen molar-refractivity contribution in [2.24, 2.45) is 5.41 Å². The summed E-state index contributed by atoms with van der Waals surface area (Å²) in [4.78, 5) is 33.7. The van der Waals surface area contributed by atoms with Gasteiger partial charge in [0.05, 0.1) is 0 Å². The van der Waals surface area contributed by atoms with Crippen LogP contribution >= 0.6 is 0 Å². The molecular weight excluding hydrogens is 332 g/mol. The number of carboxylic acid groups (broad SMARTS) is 1. The SMILES string of the molecule is CCCC(C)(COC(=O)NC(C)C)COC(=O)NC(O)CCC(=O)O. The number of aliphatic hydroxyl groups is 1. The Morgan fingerprint density at radius 2 is 1.60 bits per heavy atom. The van der Waals surface area contributed by atoms with Crippen molar-refractivity contribution < 1.29 is 34.1 Å². The summed E-state index contributed by atoms with van der Waals surface area (Å²) in [6.07, 6.45) is -1.61. The highest BCUT2D eigenvalue weighted by Gasteiger charge is 2.28. The molecule has 0 radical (unpaired) electrons. The summed E-state index contributed by atoms with van der Waals surface area (Å²) in [5, 5.41) is 22.8. The molecule has 0 aliphatic heterocycles. The van der Waals surface area contributed by atoms with E-state index in [-0.39, 0.29) is 32.1 Å². The molecular formula is C16H30N2O7. The average molecular weight is 362 g/mol. The average Bonchev–Trinajstić information content (AvgIpc) is 2.49. The summed E-state index contributed by atoms with van der Waals surface area (Å²) < 4.78 is 10.3. The van der Waals surface area contributed by atoms with Crippen molar-refractivity contribution in [3.63, 3.8) is 0 Å². The van der Waals surface area contributed by atoms with Gasteiger partial charge in [-0.1, -0.05) is 20.3 Å². The number of rotatable bonds is 11. The fraction of sp³-hybridized carbons (Fsp3) is 0.812. The number of hydrogen-bond acceptors (Lipinski definition) is 6. The summed E-state index contributed by atoms with van der Waals surface area (Å²) in [6, 6.07) is -0.0424. The third kappa shape index (κ3) is 12.0. The Balaban J connectivity index is 4.37. The first-order valence-electron chi connectivity index (χ1n) is 8.34. The molecule has 0 heterocycles. The molecule has 2 atom stereocenters. The fourth-order valence-electron chi connectivity index (χ4n) is 2.06. The summed E-state index contributed by atoms with van der Waals surface area (Å²) in [6.45, 7) is 7.49. The zero-order valence-electron chi connectivity index (χ0n) is 15.3. The van der Waals surface area contributed by atoms with Gasteiger partial charge >= 0.3 is 18.2 Å². The monoisotopic (exact) mass is 362 g/mol. The molecule has 0 aromatic carbocycles. The number of carbonyl (C=O) groups is 3. The maximum atomic E-state index is 11.7.